The van der Waals surface area contributed by atoms with E-state index in [4.69, 9.17) is 5.11 Å². The number of hydrogen-bond acceptors (Lipinski definition) is 4. The Labute approximate surface area is 183 Å². The highest BCUT2D eigenvalue weighted by atomic mass is 19.4. The fraction of sp³-hybridized carbons (Fsp3) is 0.545. The van der Waals surface area contributed by atoms with Crippen molar-refractivity contribution in [2.45, 2.75) is 57.8 Å². The van der Waals surface area contributed by atoms with Gasteiger partial charge in [0.15, 0.2) is 5.69 Å². The molecule has 2 aromatic heterocycles. The second-order valence-corrected chi connectivity index (χ2v) is 8.62. The summed E-state index contributed by atoms with van der Waals surface area (Å²) in [7, 11) is 0. The first-order valence-electron chi connectivity index (χ1n) is 10.8. The number of halogens is 3. The van der Waals surface area contributed by atoms with Crippen molar-refractivity contribution in [1.29, 1.82) is 0 Å². The standard InChI is InChI=1S/C22H25F3N4O3/c23-22(24,25)20-17-7-9-28(19(30)10-14-3-5-16(6-4-14)21(31)32)13-18(17)29(27-20)12-15-2-1-8-26-11-15/h1-2,8,11,14,16H,3-7,9-10,12-13H2,(H,31,32)/t14-,16-. The summed E-state index contributed by atoms with van der Waals surface area (Å²) < 4.78 is 42.1. The van der Waals surface area contributed by atoms with Gasteiger partial charge in [0.2, 0.25) is 5.91 Å². The van der Waals surface area contributed by atoms with Crippen LogP contribution in [0.25, 0.3) is 0 Å². The molecule has 4 rings (SSSR count). The highest BCUT2D eigenvalue weighted by Crippen LogP contribution is 2.36. The predicted molar refractivity (Wildman–Crippen MR) is 107 cm³/mol. The van der Waals surface area contributed by atoms with Gasteiger partial charge in [-0.25, -0.2) is 0 Å². The molecule has 1 aliphatic heterocycles. The third-order valence-electron chi connectivity index (χ3n) is 6.47. The second kappa shape index (κ2) is 8.91. The molecule has 32 heavy (non-hydrogen) atoms. The molecule has 3 heterocycles. The van der Waals surface area contributed by atoms with E-state index in [0.717, 1.165) is 5.56 Å². The zero-order chi connectivity index (χ0) is 22.9. The molecule has 0 radical (unpaired) electrons. The van der Waals surface area contributed by atoms with E-state index in [1.54, 1.807) is 29.4 Å². The molecule has 0 unspecified atom stereocenters. The summed E-state index contributed by atoms with van der Waals surface area (Å²) in [6.45, 7) is 0.452. The number of alkyl halides is 3. The lowest BCUT2D eigenvalue weighted by Gasteiger charge is -2.31. The number of hydrogen-bond donors (Lipinski definition) is 1. The maximum Gasteiger partial charge on any atom is 0.435 e. The van der Waals surface area contributed by atoms with Gasteiger partial charge in [-0.15, -0.1) is 0 Å². The topological polar surface area (TPSA) is 88.3 Å². The molecule has 0 spiro atoms. The van der Waals surface area contributed by atoms with Crippen LogP contribution in [-0.2, 0) is 35.3 Å². The monoisotopic (exact) mass is 450 g/mol. The van der Waals surface area contributed by atoms with Gasteiger partial charge in [0.05, 0.1) is 24.7 Å². The van der Waals surface area contributed by atoms with Gasteiger partial charge < -0.3 is 10.0 Å². The van der Waals surface area contributed by atoms with Crippen LogP contribution in [0.2, 0.25) is 0 Å². The van der Waals surface area contributed by atoms with Crippen molar-refractivity contribution < 1.29 is 27.9 Å². The Hall–Kier alpha value is -2.91. The lowest BCUT2D eigenvalue weighted by Crippen LogP contribution is -2.38. The molecule has 1 N–H and O–H groups in total. The first-order valence-corrected chi connectivity index (χ1v) is 10.8. The molecule has 0 bridgehead atoms. The lowest BCUT2D eigenvalue weighted by atomic mass is 9.80. The van der Waals surface area contributed by atoms with Gasteiger partial charge in [0.25, 0.3) is 0 Å². The van der Waals surface area contributed by atoms with Crippen LogP contribution in [-0.4, -0.2) is 43.2 Å². The van der Waals surface area contributed by atoms with Crippen molar-refractivity contribution in [2.75, 3.05) is 6.54 Å². The van der Waals surface area contributed by atoms with E-state index in [0.29, 0.717) is 37.8 Å². The number of rotatable bonds is 5. The quantitative estimate of drug-likeness (QED) is 0.753. The van der Waals surface area contributed by atoms with Crippen LogP contribution in [0.1, 0.15) is 54.6 Å². The molecule has 1 saturated carbocycles. The maximum absolute atomic E-state index is 13.6. The smallest absolute Gasteiger partial charge is 0.435 e. The van der Waals surface area contributed by atoms with Crippen molar-refractivity contribution in [3.63, 3.8) is 0 Å². The van der Waals surface area contributed by atoms with Crippen LogP contribution in [0.5, 0.6) is 0 Å². The molecule has 1 aliphatic carbocycles. The third kappa shape index (κ3) is 4.78. The summed E-state index contributed by atoms with van der Waals surface area (Å²) in [6, 6.07) is 3.48. The summed E-state index contributed by atoms with van der Waals surface area (Å²) in [5.74, 6) is -1.12. The van der Waals surface area contributed by atoms with Crippen molar-refractivity contribution in [1.82, 2.24) is 19.7 Å². The molecule has 0 atom stereocenters. The van der Waals surface area contributed by atoms with E-state index in [2.05, 4.69) is 10.1 Å². The summed E-state index contributed by atoms with van der Waals surface area (Å²) in [6.07, 6.45) is 1.50. The summed E-state index contributed by atoms with van der Waals surface area (Å²) in [5, 5.41) is 13.0. The largest absolute Gasteiger partial charge is 0.481 e. The van der Waals surface area contributed by atoms with Crippen molar-refractivity contribution in [3.05, 3.63) is 47.0 Å². The van der Waals surface area contributed by atoms with Gasteiger partial charge in [-0.2, -0.15) is 18.3 Å². The molecule has 2 aliphatic rings. The van der Waals surface area contributed by atoms with E-state index >= 15 is 0 Å². The highest BCUT2D eigenvalue weighted by Gasteiger charge is 2.41. The van der Waals surface area contributed by atoms with Crippen molar-refractivity contribution in [3.8, 4) is 0 Å². The minimum atomic E-state index is -4.56. The molecular formula is C22H25F3N4O3. The lowest BCUT2D eigenvalue weighted by molar-refractivity contribution is -0.143. The van der Waals surface area contributed by atoms with Crippen LogP contribution in [0.3, 0.4) is 0 Å². The number of nitrogens with zero attached hydrogens (tertiary/aromatic N) is 4. The Kier molecular flexibility index (Phi) is 6.21. The second-order valence-electron chi connectivity index (χ2n) is 8.62. The number of fused-ring (bicyclic) bond motifs is 1. The van der Waals surface area contributed by atoms with E-state index in [-0.39, 0.29) is 49.4 Å². The van der Waals surface area contributed by atoms with Crippen LogP contribution < -0.4 is 0 Å². The average molecular weight is 450 g/mol. The molecular weight excluding hydrogens is 425 g/mol. The molecule has 172 valence electrons. The summed E-state index contributed by atoms with van der Waals surface area (Å²) in [5.41, 5.74) is 0.420. The van der Waals surface area contributed by atoms with E-state index < -0.39 is 17.8 Å². The van der Waals surface area contributed by atoms with Gasteiger partial charge in [0.1, 0.15) is 0 Å². The Morgan fingerprint density at radius 1 is 1.19 bits per heavy atom. The minimum absolute atomic E-state index is 0.0853. The normalized spacial score (nSPS) is 21.3. The first kappa shape index (κ1) is 22.3. The zero-order valence-corrected chi connectivity index (χ0v) is 17.5. The average Bonchev–Trinajstić information content (AvgIpc) is 3.13. The first-order chi connectivity index (χ1) is 15.2. The molecule has 10 heteroatoms. The van der Waals surface area contributed by atoms with Gasteiger partial charge >= 0.3 is 12.1 Å². The maximum atomic E-state index is 13.6. The van der Waals surface area contributed by atoms with Crippen LogP contribution >= 0.6 is 0 Å². The fourth-order valence-corrected chi connectivity index (χ4v) is 4.71. The van der Waals surface area contributed by atoms with Crippen LogP contribution in [0, 0.1) is 11.8 Å². The number of carbonyl (C=O) groups is 2. The third-order valence-corrected chi connectivity index (χ3v) is 6.47. The number of carbonyl (C=O) groups excluding carboxylic acids is 1. The van der Waals surface area contributed by atoms with E-state index in [1.807, 2.05) is 0 Å². The predicted octanol–water partition coefficient (Wildman–Crippen LogP) is 3.51. The molecule has 2 aromatic rings. The molecule has 1 fully saturated rings. The van der Waals surface area contributed by atoms with Crippen LogP contribution in [0.15, 0.2) is 24.5 Å². The number of amides is 1. The van der Waals surface area contributed by atoms with Crippen molar-refractivity contribution in [2.24, 2.45) is 11.8 Å². The van der Waals surface area contributed by atoms with Crippen LogP contribution in [0.4, 0.5) is 13.2 Å². The summed E-state index contributed by atoms with van der Waals surface area (Å²) >= 11 is 0. The van der Waals surface area contributed by atoms with Gasteiger partial charge in [-0.05, 0) is 49.7 Å². The van der Waals surface area contributed by atoms with E-state index in [1.165, 1.54) is 4.68 Å². The van der Waals surface area contributed by atoms with Gasteiger partial charge in [-0.1, -0.05) is 6.07 Å². The van der Waals surface area contributed by atoms with E-state index in [9.17, 15) is 22.8 Å². The fourth-order valence-electron chi connectivity index (χ4n) is 4.71. The SMILES string of the molecule is O=C(C[C@H]1CC[C@H](C(=O)O)CC1)N1CCc2c(C(F)(F)F)nn(Cc3cccnc3)c2C1. The molecule has 0 saturated heterocycles. The Bertz CT molecular complexity index is 982. The Morgan fingerprint density at radius 2 is 1.94 bits per heavy atom. The number of pyridine rings is 1. The number of aliphatic carboxylic acids is 1. The zero-order valence-electron chi connectivity index (χ0n) is 17.5. The number of carboxylic acid groups (broad SMARTS) is 1. The molecule has 1 amide bonds. The Morgan fingerprint density at radius 3 is 2.56 bits per heavy atom. The molecule has 0 aromatic carbocycles. The highest BCUT2D eigenvalue weighted by molar-refractivity contribution is 5.77. The summed E-state index contributed by atoms with van der Waals surface area (Å²) in [4.78, 5) is 29.6. The van der Waals surface area contributed by atoms with Gasteiger partial charge in [0, 0.05) is 30.9 Å². The van der Waals surface area contributed by atoms with Crippen molar-refractivity contribution >= 4 is 11.9 Å². The Balaban J connectivity index is 1.49. The van der Waals surface area contributed by atoms with Gasteiger partial charge in [-0.3, -0.25) is 19.3 Å². The minimum Gasteiger partial charge on any atom is -0.481 e. The molecule has 7 nitrogen and oxygen atoms in total. The number of aromatic nitrogens is 3. The number of carboxylic acids is 1.